The third kappa shape index (κ3) is 1.90. The molecule has 2 rings (SSSR count). The predicted octanol–water partition coefficient (Wildman–Crippen LogP) is 1.77. The molecule has 0 radical (unpaired) electrons. The van der Waals surface area contributed by atoms with Crippen LogP contribution in [0.2, 0.25) is 0 Å². The van der Waals surface area contributed by atoms with E-state index >= 15 is 0 Å². The highest BCUT2D eigenvalue weighted by molar-refractivity contribution is 5.70. The van der Waals surface area contributed by atoms with Gasteiger partial charge < -0.3 is 9.84 Å². The quantitative estimate of drug-likeness (QED) is 0.744. The SMILES string of the molecule is [2H][C@H]1C(CO)N(C(=O)OC(C)(C)C)[C@@H]2C[C@]12C. The highest BCUT2D eigenvalue weighted by Crippen LogP contribution is 2.59. The summed E-state index contributed by atoms with van der Waals surface area (Å²) in [6.07, 6.45) is 0.0294. The third-order valence-electron chi connectivity index (χ3n) is 3.29. The molecule has 1 amide bonds. The van der Waals surface area contributed by atoms with Gasteiger partial charge >= 0.3 is 6.09 Å². The Kier molecular flexibility index (Phi) is 2.18. The van der Waals surface area contributed by atoms with Crippen molar-refractivity contribution in [3.05, 3.63) is 0 Å². The topological polar surface area (TPSA) is 49.8 Å². The molecule has 1 N–H and O–H groups in total. The van der Waals surface area contributed by atoms with E-state index in [0.29, 0.717) is 0 Å². The van der Waals surface area contributed by atoms with Crippen LogP contribution < -0.4 is 0 Å². The van der Waals surface area contributed by atoms with Crippen LogP contribution >= 0.6 is 0 Å². The highest BCUT2D eigenvalue weighted by Gasteiger charge is 2.63. The van der Waals surface area contributed by atoms with Crippen molar-refractivity contribution in [2.75, 3.05) is 6.61 Å². The van der Waals surface area contributed by atoms with Crippen LogP contribution in [-0.2, 0) is 4.74 Å². The van der Waals surface area contributed by atoms with Crippen LogP contribution in [0.25, 0.3) is 0 Å². The highest BCUT2D eigenvalue weighted by atomic mass is 16.6. The van der Waals surface area contributed by atoms with Crippen molar-refractivity contribution in [2.45, 2.75) is 58.2 Å². The molecule has 1 aliphatic heterocycles. The lowest BCUT2D eigenvalue weighted by molar-refractivity contribution is 0.0126. The van der Waals surface area contributed by atoms with Crippen molar-refractivity contribution in [3.8, 4) is 0 Å². The second-order valence-electron chi connectivity index (χ2n) is 6.03. The molecule has 2 fully saturated rings. The molecule has 92 valence electrons. The Bertz CT molecular complexity index is 341. The van der Waals surface area contributed by atoms with E-state index in [1.165, 1.54) is 0 Å². The number of likely N-dealkylation sites (tertiary alicyclic amines) is 1. The Morgan fingerprint density at radius 3 is 2.81 bits per heavy atom. The molecule has 16 heavy (non-hydrogen) atoms. The monoisotopic (exact) mass is 228 g/mol. The zero-order valence-corrected chi connectivity index (χ0v) is 10.4. The minimum atomic E-state index is -0.539. The van der Waals surface area contributed by atoms with Gasteiger partial charge in [-0.05, 0) is 39.0 Å². The third-order valence-corrected chi connectivity index (χ3v) is 3.29. The number of aliphatic hydroxyl groups excluding tert-OH is 1. The largest absolute Gasteiger partial charge is 0.444 e. The molecule has 0 aromatic heterocycles. The lowest BCUT2D eigenvalue weighted by Crippen LogP contribution is -2.43. The van der Waals surface area contributed by atoms with Gasteiger partial charge in [-0.25, -0.2) is 4.79 Å². The van der Waals surface area contributed by atoms with Gasteiger partial charge in [0.1, 0.15) is 5.60 Å². The number of fused-ring (bicyclic) bond motifs is 1. The summed E-state index contributed by atoms with van der Waals surface area (Å²) in [5.41, 5.74) is -0.688. The molecule has 0 aromatic carbocycles. The Hall–Kier alpha value is -0.770. The lowest BCUT2D eigenvalue weighted by atomic mass is 10.0. The fourth-order valence-electron chi connectivity index (χ4n) is 2.42. The summed E-state index contributed by atoms with van der Waals surface area (Å²) in [7, 11) is 0. The summed E-state index contributed by atoms with van der Waals surface area (Å²) in [5.74, 6) is 0. The lowest BCUT2D eigenvalue weighted by Gasteiger charge is -2.29. The summed E-state index contributed by atoms with van der Waals surface area (Å²) in [4.78, 5) is 13.6. The number of hydrogen-bond acceptors (Lipinski definition) is 3. The van der Waals surface area contributed by atoms with Gasteiger partial charge in [0.2, 0.25) is 0 Å². The van der Waals surface area contributed by atoms with Gasteiger partial charge in [0.25, 0.3) is 0 Å². The van der Waals surface area contributed by atoms with E-state index in [-0.39, 0.29) is 18.1 Å². The Labute approximate surface area is 98.0 Å². The van der Waals surface area contributed by atoms with Crippen LogP contribution in [0, 0.1) is 5.41 Å². The van der Waals surface area contributed by atoms with E-state index in [1.807, 2.05) is 27.7 Å². The maximum atomic E-state index is 12.1. The van der Waals surface area contributed by atoms with Crippen LogP contribution in [0.15, 0.2) is 0 Å². The van der Waals surface area contributed by atoms with Gasteiger partial charge in [-0.15, -0.1) is 0 Å². The molecule has 2 aliphatic rings. The summed E-state index contributed by atoms with van der Waals surface area (Å²) < 4.78 is 13.4. The van der Waals surface area contributed by atoms with Crippen LogP contribution in [0.5, 0.6) is 0 Å². The predicted molar refractivity (Wildman–Crippen MR) is 60.1 cm³/mol. The minimum absolute atomic E-state index is 0.0667. The Morgan fingerprint density at radius 1 is 1.69 bits per heavy atom. The summed E-state index contributed by atoms with van der Waals surface area (Å²) in [6.45, 7) is 7.29. The fourth-order valence-corrected chi connectivity index (χ4v) is 2.42. The van der Waals surface area contributed by atoms with Crippen LogP contribution in [0.4, 0.5) is 4.79 Å². The second-order valence-corrected chi connectivity index (χ2v) is 6.03. The number of ether oxygens (including phenoxy) is 1. The zero-order valence-electron chi connectivity index (χ0n) is 11.4. The van der Waals surface area contributed by atoms with E-state index in [4.69, 9.17) is 6.11 Å². The molecule has 1 saturated carbocycles. The van der Waals surface area contributed by atoms with E-state index in [2.05, 4.69) is 0 Å². The van der Waals surface area contributed by atoms with Gasteiger partial charge in [-0.2, -0.15) is 0 Å². The number of nitrogens with zero attached hydrogens (tertiary/aromatic N) is 1. The molecular formula is C12H21NO3. The van der Waals surface area contributed by atoms with Gasteiger partial charge in [-0.3, -0.25) is 4.90 Å². The molecular weight excluding hydrogens is 206 g/mol. The van der Waals surface area contributed by atoms with Gasteiger partial charge in [0, 0.05) is 7.41 Å². The van der Waals surface area contributed by atoms with E-state index in [9.17, 15) is 9.90 Å². The van der Waals surface area contributed by atoms with Crippen LogP contribution in [-0.4, -0.2) is 40.4 Å². The maximum absolute atomic E-state index is 12.1. The number of carbonyl (C=O) groups is 1. The fraction of sp³-hybridized carbons (Fsp3) is 0.917. The number of aliphatic hydroxyl groups is 1. The molecule has 1 saturated heterocycles. The van der Waals surface area contributed by atoms with Gasteiger partial charge in [0.15, 0.2) is 0 Å². The first-order valence-corrected chi connectivity index (χ1v) is 5.75. The van der Waals surface area contributed by atoms with Crippen molar-refractivity contribution in [3.63, 3.8) is 0 Å². The number of piperidine rings is 1. The van der Waals surface area contributed by atoms with E-state index in [1.54, 1.807) is 4.90 Å². The number of hydrogen-bond donors (Lipinski definition) is 1. The second kappa shape index (κ2) is 3.36. The van der Waals surface area contributed by atoms with E-state index < -0.39 is 24.1 Å². The van der Waals surface area contributed by atoms with Crippen molar-refractivity contribution in [1.82, 2.24) is 4.90 Å². The van der Waals surface area contributed by atoms with Gasteiger partial charge in [0.05, 0.1) is 12.6 Å². The summed E-state index contributed by atoms with van der Waals surface area (Å²) >= 11 is 0. The molecule has 0 bridgehead atoms. The van der Waals surface area contributed by atoms with Crippen molar-refractivity contribution in [2.24, 2.45) is 5.41 Å². The van der Waals surface area contributed by atoms with Crippen molar-refractivity contribution < 1.29 is 16.0 Å². The average Bonchev–Trinajstić information content (AvgIpc) is 2.78. The van der Waals surface area contributed by atoms with Crippen molar-refractivity contribution in [1.29, 1.82) is 0 Å². The number of rotatable bonds is 1. The van der Waals surface area contributed by atoms with Crippen LogP contribution in [0.1, 0.15) is 41.9 Å². The normalized spacial score (nSPS) is 42.7. The zero-order chi connectivity index (χ0) is 13.0. The minimum Gasteiger partial charge on any atom is -0.444 e. The molecule has 0 spiro atoms. The standard InChI is InChI=1S/C12H21NO3/c1-11(2,3)16-10(15)13-8(7-14)5-12(4)6-9(12)13/h8-9,14H,5-7H2,1-4H3/t8?,9-,12+/m1/s1/i5D/t5-,8?,9+,12-/m0. The number of amides is 1. The number of carbonyl (C=O) groups excluding carboxylic acids is 1. The molecule has 4 nitrogen and oxygen atoms in total. The summed E-state index contributed by atoms with van der Waals surface area (Å²) in [6, 6.07) is -0.356. The van der Waals surface area contributed by atoms with E-state index in [0.717, 1.165) is 6.42 Å². The first-order valence-electron chi connectivity index (χ1n) is 6.33. The maximum Gasteiger partial charge on any atom is 0.410 e. The molecule has 1 heterocycles. The Balaban J connectivity index is 2.13. The first kappa shape index (κ1) is 10.4. The molecule has 1 unspecified atom stereocenters. The Morgan fingerprint density at radius 2 is 2.31 bits per heavy atom. The summed E-state index contributed by atoms with van der Waals surface area (Å²) in [5, 5.41) is 9.34. The molecule has 1 aliphatic carbocycles. The van der Waals surface area contributed by atoms with Gasteiger partial charge in [-0.1, -0.05) is 6.92 Å². The molecule has 4 heteroatoms. The molecule has 0 aromatic rings. The first-order chi connectivity index (χ1) is 7.70. The van der Waals surface area contributed by atoms with Crippen molar-refractivity contribution >= 4 is 6.09 Å². The smallest absolute Gasteiger partial charge is 0.410 e. The van der Waals surface area contributed by atoms with Crippen LogP contribution in [0.3, 0.4) is 0 Å². The average molecular weight is 228 g/mol. The molecule has 4 atom stereocenters.